The van der Waals surface area contributed by atoms with E-state index >= 15 is 0 Å². The number of carbonyl (C=O) groups excluding carboxylic acids is 2. The molecule has 0 aromatic heterocycles. The monoisotopic (exact) mass is 447 g/mol. The maximum Gasteiger partial charge on any atom is 0.327 e. The van der Waals surface area contributed by atoms with Gasteiger partial charge in [-0.25, -0.2) is 4.79 Å². The number of fused-ring (bicyclic) bond motifs is 1. The van der Waals surface area contributed by atoms with Gasteiger partial charge in [-0.05, 0) is 53.8 Å². The van der Waals surface area contributed by atoms with Crippen molar-refractivity contribution >= 4 is 35.1 Å². The van der Waals surface area contributed by atoms with Crippen LogP contribution < -0.4 is 10.1 Å². The Morgan fingerprint density at radius 2 is 2.00 bits per heavy atom. The van der Waals surface area contributed by atoms with Crippen LogP contribution >= 0.6 is 23.2 Å². The van der Waals surface area contributed by atoms with Gasteiger partial charge in [0.1, 0.15) is 18.9 Å². The molecule has 1 saturated heterocycles. The third kappa shape index (κ3) is 4.41. The molecule has 1 aliphatic carbocycles. The molecule has 0 spiro atoms. The molecule has 2 aliphatic rings. The number of hydrogen-bond acceptors (Lipinski definition) is 4. The van der Waals surface area contributed by atoms with E-state index in [4.69, 9.17) is 27.9 Å². The molecule has 0 saturated carbocycles. The maximum atomic E-state index is 11.9. The molecule has 0 radical (unpaired) electrons. The second-order valence-corrected chi connectivity index (χ2v) is 8.46. The Hall–Kier alpha value is -2.28. The fraction of sp³-hybridized carbons (Fsp3) is 0.364. The predicted molar refractivity (Wildman–Crippen MR) is 116 cm³/mol. The molecule has 2 aromatic rings. The first-order valence-corrected chi connectivity index (χ1v) is 10.7. The van der Waals surface area contributed by atoms with E-state index in [1.54, 1.807) is 7.05 Å². The van der Waals surface area contributed by atoms with Crippen molar-refractivity contribution in [1.29, 1.82) is 0 Å². The Labute approximate surface area is 185 Å². The standard InChI is InChI=1S/C22H23Cl2N3O3/c1-26-13-21(28)27(22(26)29)8-9-30-20-7-2-14(10-18(20)24)12-25-19-6-3-15-11-16(23)4-5-17(15)19/h2,4-5,7,10-11,19,25H,3,6,8-9,12-13H2,1H3. The summed E-state index contributed by atoms with van der Waals surface area (Å²) >= 11 is 12.5. The number of hydrogen-bond donors (Lipinski definition) is 1. The van der Waals surface area contributed by atoms with E-state index < -0.39 is 0 Å². The van der Waals surface area contributed by atoms with E-state index in [-0.39, 0.29) is 31.6 Å². The molecule has 4 rings (SSSR count). The maximum absolute atomic E-state index is 11.9. The zero-order valence-electron chi connectivity index (χ0n) is 16.7. The molecule has 1 atom stereocenters. The molecular formula is C22H23Cl2N3O3. The van der Waals surface area contributed by atoms with E-state index in [2.05, 4.69) is 11.4 Å². The summed E-state index contributed by atoms with van der Waals surface area (Å²) in [5.41, 5.74) is 3.67. The van der Waals surface area contributed by atoms with Crippen LogP contribution in [0.1, 0.15) is 29.2 Å². The number of likely N-dealkylation sites (N-methyl/N-ethyl adjacent to an activating group) is 1. The van der Waals surface area contributed by atoms with Crippen LogP contribution in [0.4, 0.5) is 4.79 Å². The molecule has 30 heavy (non-hydrogen) atoms. The summed E-state index contributed by atoms with van der Waals surface area (Å²) in [5.74, 6) is 0.322. The van der Waals surface area contributed by atoms with Gasteiger partial charge in [-0.2, -0.15) is 0 Å². The Bertz CT molecular complexity index is 982. The van der Waals surface area contributed by atoms with Crippen molar-refractivity contribution in [2.45, 2.75) is 25.4 Å². The minimum absolute atomic E-state index is 0.111. The largest absolute Gasteiger partial charge is 0.490 e. The summed E-state index contributed by atoms with van der Waals surface area (Å²) in [6.45, 7) is 1.20. The lowest BCUT2D eigenvalue weighted by molar-refractivity contribution is -0.125. The summed E-state index contributed by atoms with van der Waals surface area (Å²) in [6.07, 6.45) is 2.08. The van der Waals surface area contributed by atoms with Crippen LogP contribution in [0.3, 0.4) is 0 Å². The lowest BCUT2D eigenvalue weighted by Crippen LogP contribution is -2.35. The number of rotatable bonds is 7. The lowest BCUT2D eigenvalue weighted by atomic mass is 10.1. The zero-order chi connectivity index (χ0) is 21.3. The normalized spacial score (nSPS) is 18.3. The van der Waals surface area contributed by atoms with Crippen molar-refractivity contribution in [3.8, 4) is 5.75 Å². The number of nitrogens with one attached hydrogen (secondary N) is 1. The first-order valence-electron chi connectivity index (χ1n) is 9.91. The Morgan fingerprint density at radius 1 is 1.17 bits per heavy atom. The minimum atomic E-state index is -0.299. The van der Waals surface area contributed by atoms with Crippen molar-refractivity contribution < 1.29 is 14.3 Å². The van der Waals surface area contributed by atoms with Gasteiger partial charge in [0.05, 0.1) is 11.6 Å². The van der Waals surface area contributed by atoms with E-state index in [0.29, 0.717) is 23.4 Å². The van der Waals surface area contributed by atoms with Gasteiger partial charge in [0, 0.05) is 24.7 Å². The molecule has 0 bridgehead atoms. The van der Waals surface area contributed by atoms with Crippen LogP contribution in [-0.4, -0.2) is 48.5 Å². The van der Waals surface area contributed by atoms with Crippen LogP contribution in [0, 0.1) is 0 Å². The number of benzene rings is 2. The summed E-state index contributed by atoms with van der Waals surface area (Å²) < 4.78 is 5.69. The Morgan fingerprint density at radius 3 is 2.73 bits per heavy atom. The van der Waals surface area contributed by atoms with E-state index in [1.165, 1.54) is 20.9 Å². The highest BCUT2D eigenvalue weighted by molar-refractivity contribution is 6.32. The summed E-state index contributed by atoms with van der Waals surface area (Å²) in [7, 11) is 1.60. The first kappa shape index (κ1) is 21.0. The van der Waals surface area contributed by atoms with Gasteiger partial charge in [-0.3, -0.25) is 9.69 Å². The van der Waals surface area contributed by atoms with Crippen molar-refractivity contribution in [3.63, 3.8) is 0 Å². The quantitative estimate of drug-likeness (QED) is 0.650. The van der Waals surface area contributed by atoms with Crippen molar-refractivity contribution in [3.05, 3.63) is 63.1 Å². The van der Waals surface area contributed by atoms with Gasteiger partial charge >= 0.3 is 6.03 Å². The molecular weight excluding hydrogens is 425 g/mol. The topological polar surface area (TPSA) is 61.9 Å². The number of halogens is 2. The van der Waals surface area contributed by atoms with Crippen LogP contribution in [0.5, 0.6) is 5.75 Å². The molecule has 6 nitrogen and oxygen atoms in total. The van der Waals surface area contributed by atoms with Crippen LogP contribution in [0.25, 0.3) is 0 Å². The smallest absolute Gasteiger partial charge is 0.327 e. The summed E-state index contributed by atoms with van der Waals surface area (Å²) in [4.78, 5) is 26.2. The Kier molecular flexibility index (Phi) is 6.18. The van der Waals surface area contributed by atoms with Crippen molar-refractivity contribution in [2.24, 2.45) is 0 Å². The van der Waals surface area contributed by atoms with Crippen molar-refractivity contribution in [2.75, 3.05) is 26.7 Å². The van der Waals surface area contributed by atoms with E-state index in [1.807, 2.05) is 30.3 Å². The first-order chi connectivity index (χ1) is 14.4. The predicted octanol–water partition coefficient (Wildman–Crippen LogP) is 4.04. The second kappa shape index (κ2) is 8.84. The van der Waals surface area contributed by atoms with Gasteiger partial charge in [0.25, 0.3) is 0 Å². The van der Waals surface area contributed by atoms with Crippen LogP contribution in [0.15, 0.2) is 36.4 Å². The van der Waals surface area contributed by atoms with Crippen LogP contribution in [-0.2, 0) is 17.8 Å². The molecule has 1 aliphatic heterocycles. The fourth-order valence-corrected chi connectivity index (χ4v) is 4.40. The number of ether oxygens (including phenoxy) is 1. The van der Waals surface area contributed by atoms with Gasteiger partial charge in [-0.1, -0.05) is 35.3 Å². The number of urea groups is 1. The average Bonchev–Trinajstić information content (AvgIpc) is 3.22. The second-order valence-electron chi connectivity index (χ2n) is 7.61. The van der Waals surface area contributed by atoms with Crippen molar-refractivity contribution in [1.82, 2.24) is 15.1 Å². The van der Waals surface area contributed by atoms with Gasteiger partial charge < -0.3 is 15.0 Å². The minimum Gasteiger partial charge on any atom is -0.490 e. The average molecular weight is 448 g/mol. The summed E-state index contributed by atoms with van der Waals surface area (Å²) in [6, 6.07) is 11.7. The van der Waals surface area contributed by atoms with Crippen LogP contribution in [0.2, 0.25) is 10.0 Å². The number of imide groups is 1. The number of nitrogens with zero attached hydrogens (tertiary/aromatic N) is 2. The highest BCUT2D eigenvalue weighted by Gasteiger charge is 2.33. The molecule has 3 amide bonds. The fourth-order valence-electron chi connectivity index (χ4n) is 3.95. The Balaban J connectivity index is 1.30. The third-order valence-corrected chi connectivity index (χ3v) is 6.07. The van der Waals surface area contributed by atoms with Gasteiger partial charge in [-0.15, -0.1) is 0 Å². The number of aryl methyl sites for hydroxylation is 1. The molecule has 2 aromatic carbocycles. The molecule has 1 heterocycles. The lowest BCUT2D eigenvalue weighted by Gasteiger charge is -2.16. The number of amides is 3. The van der Waals surface area contributed by atoms with E-state index in [0.717, 1.165) is 23.4 Å². The highest BCUT2D eigenvalue weighted by Crippen LogP contribution is 2.33. The van der Waals surface area contributed by atoms with E-state index in [9.17, 15) is 9.59 Å². The highest BCUT2D eigenvalue weighted by atomic mass is 35.5. The van der Waals surface area contributed by atoms with Gasteiger partial charge in [0.2, 0.25) is 5.91 Å². The molecule has 1 fully saturated rings. The molecule has 158 valence electrons. The number of carbonyl (C=O) groups is 2. The molecule has 1 unspecified atom stereocenters. The zero-order valence-corrected chi connectivity index (χ0v) is 18.2. The van der Waals surface area contributed by atoms with Gasteiger partial charge in [0.15, 0.2) is 0 Å². The third-order valence-electron chi connectivity index (χ3n) is 5.54. The SMILES string of the molecule is CN1CC(=O)N(CCOc2ccc(CNC3CCc4cc(Cl)ccc43)cc2Cl)C1=O. The molecule has 1 N–H and O–H groups in total. The molecule has 8 heteroatoms. The summed E-state index contributed by atoms with van der Waals surface area (Å²) in [5, 5.41) is 4.87.